The lowest BCUT2D eigenvalue weighted by molar-refractivity contribution is -0.153. The quantitative estimate of drug-likeness (QED) is 0.320. The summed E-state index contributed by atoms with van der Waals surface area (Å²) >= 11 is 0. The average molecular weight is 390 g/mol. The molecule has 0 unspecified atom stereocenters. The number of rotatable bonds is 10. The number of aliphatic imine (C=N–C) groups is 1. The van der Waals surface area contributed by atoms with Gasteiger partial charge in [-0.3, -0.25) is 4.79 Å². The second kappa shape index (κ2) is 12.0. The highest BCUT2D eigenvalue weighted by atomic mass is 19.4. The van der Waals surface area contributed by atoms with E-state index in [0.29, 0.717) is 32.2 Å². The number of hydrogen-bond donors (Lipinski definition) is 3. The summed E-state index contributed by atoms with van der Waals surface area (Å²) in [4.78, 5) is 16.0. The summed E-state index contributed by atoms with van der Waals surface area (Å²) in [6.45, 7) is 2.38. The summed E-state index contributed by atoms with van der Waals surface area (Å²) < 4.78 is 45.9. The molecule has 0 saturated heterocycles. The van der Waals surface area contributed by atoms with Crippen molar-refractivity contribution < 1.29 is 27.4 Å². The first-order valence-electron chi connectivity index (χ1n) is 8.40. The topological polar surface area (TPSA) is 84.0 Å². The van der Waals surface area contributed by atoms with Gasteiger partial charge in [0.2, 0.25) is 5.91 Å². The third kappa shape index (κ3) is 11.0. The molecule has 1 aromatic carbocycles. The number of nitrogens with zero attached hydrogens (tertiary/aromatic N) is 1. The summed E-state index contributed by atoms with van der Waals surface area (Å²) in [5.41, 5.74) is 0.788. The van der Waals surface area contributed by atoms with E-state index in [9.17, 15) is 18.0 Å². The van der Waals surface area contributed by atoms with Crippen molar-refractivity contribution in [3.05, 3.63) is 29.8 Å². The smallest absolute Gasteiger partial charge is 0.422 e. The molecule has 0 aliphatic carbocycles. The zero-order valence-corrected chi connectivity index (χ0v) is 15.4. The van der Waals surface area contributed by atoms with E-state index in [1.54, 1.807) is 19.2 Å². The van der Waals surface area contributed by atoms with Gasteiger partial charge in [0, 0.05) is 20.2 Å². The monoisotopic (exact) mass is 390 g/mol. The van der Waals surface area contributed by atoms with Crippen molar-refractivity contribution in [3.8, 4) is 5.75 Å². The number of halogens is 3. The summed E-state index contributed by atoms with van der Waals surface area (Å²) in [5, 5.41) is 8.59. The normalized spacial score (nSPS) is 11.8. The number of ether oxygens (including phenoxy) is 2. The highest BCUT2D eigenvalue weighted by molar-refractivity contribution is 5.86. The summed E-state index contributed by atoms with van der Waals surface area (Å²) in [6.07, 6.45) is -4.37. The van der Waals surface area contributed by atoms with Crippen molar-refractivity contribution in [2.45, 2.75) is 19.6 Å². The molecule has 0 bridgehead atoms. The van der Waals surface area contributed by atoms with Crippen molar-refractivity contribution in [2.75, 3.05) is 40.0 Å². The maximum absolute atomic E-state index is 12.1. The number of carbonyl (C=O) groups is 1. The van der Waals surface area contributed by atoms with Crippen LogP contribution in [0.1, 0.15) is 12.5 Å². The SMILES string of the molecule is CCNC(=NCc1ccc(OCC(F)(F)F)cc1)NCC(=O)NCCOC. The minimum absolute atomic E-state index is 0.0553. The minimum atomic E-state index is -4.37. The number of guanidine groups is 1. The van der Waals surface area contributed by atoms with Gasteiger partial charge in [0.05, 0.1) is 19.7 Å². The fraction of sp³-hybridized carbons (Fsp3) is 0.529. The summed E-state index contributed by atoms with van der Waals surface area (Å²) in [7, 11) is 1.55. The van der Waals surface area contributed by atoms with Gasteiger partial charge in [0.1, 0.15) is 5.75 Å². The molecule has 10 heteroatoms. The molecular formula is C17H25F3N4O3. The van der Waals surface area contributed by atoms with Crippen LogP contribution >= 0.6 is 0 Å². The van der Waals surface area contributed by atoms with Crippen LogP contribution in [0.25, 0.3) is 0 Å². The Kier molecular flexibility index (Phi) is 10.0. The number of carbonyl (C=O) groups excluding carboxylic acids is 1. The van der Waals surface area contributed by atoms with E-state index in [1.807, 2.05) is 6.92 Å². The zero-order chi connectivity index (χ0) is 20.1. The molecular weight excluding hydrogens is 365 g/mol. The molecule has 3 N–H and O–H groups in total. The van der Waals surface area contributed by atoms with E-state index in [2.05, 4.69) is 25.7 Å². The number of nitrogens with one attached hydrogen (secondary N) is 3. The van der Waals surface area contributed by atoms with Gasteiger partial charge in [-0.2, -0.15) is 13.2 Å². The number of alkyl halides is 3. The first kappa shape index (κ1) is 22.6. The van der Waals surface area contributed by atoms with E-state index in [4.69, 9.17) is 4.74 Å². The van der Waals surface area contributed by atoms with Crippen molar-refractivity contribution in [1.29, 1.82) is 0 Å². The van der Waals surface area contributed by atoms with Crippen LogP contribution in [0.5, 0.6) is 5.75 Å². The van der Waals surface area contributed by atoms with Crippen LogP contribution in [-0.2, 0) is 16.1 Å². The lowest BCUT2D eigenvalue weighted by atomic mass is 10.2. The van der Waals surface area contributed by atoms with Crippen LogP contribution in [0, 0.1) is 0 Å². The molecule has 152 valence electrons. The van der Waals surface area contributed by atoms with Crippen molar-refractivity contribution in [1.82, 2.24) is 16.0 Å². The van der Waals surface area contributed by atoms with Gasteiger partial charge < -0.3 is 25.4 Å². The molecule has 1 amide bonds. The van der Waals surface area contributed by atoms with Crippen LogP contribution in [0.4, 0.5) is 13.2 Å². The Bertz CT molecular complexity index is 592. The largest absolute Gasteiger partial charge is 0.484 e. The fourth-order valence-corrected chi connectivity index (χ4v) is 1.89. The summed E-state index contributed by atoms with van der Waals surface area (Å²) in [6, 6.07) is 6.19. The molecule has 0 radical (unpaired) electrons. The van der Waals surface area contributed by atoms with E-state index in [1.165, 1.54) is 12.1 Å². The van der Waals surface area contributed by atoms with E-state index in [0.717, 1.165) is 5.56 Å². The Hall–Kier alpha value is -2.49. The third-order valence-electron chi connectivity index (χ3n) is 3.13. The van der Waals surface area contributed by atoms with Crippen LogP contribution in [0.2, 0.25) is 0 Å². The van der Waals surface area contributed by atoms with Gasteiger partial charge in [0.25, 0.3) is 0 Å². The van der Waals surface area contributed by atoms with Crippen molar-refractivity contribution in [3.63, 3.8) is 0 Å². The molecule has 0 spiro atoms. The first-order valence-corrected chi connectivity index (χ1v) is 8.40. The van der Waals surface area contributed by atoms with Crippen molar-refractivity contribution in [2.24, 2.45) is 4.99 Å². The predicted molar refractivity (Wildman–Crippen MR) is 95.7 cm³/mol. The van der Waals surface area contributed by atoms with Gasteiger partial charge in [0.15, 0.2) is 12.6 Å². The Balaban J connectivity index is 2.50. The lowest BCUT2D eigenvalue weighted by Crippen LogP contribution is -2.43. The second-order valence-electron chi connectivity index (χ2n) is 5.44. The van der Waals surface area contributed by atoms with Gasteiger partial charge >= 0.3 is 6.18 Å². The van der Waals surface area contributed by atoms with E-state index in [-0.39, 0.29) is 18.2 Å². The van der Waals surface area contributed by atoms with Gasteiger partial charge in [-0.05, 0) is 24.6 Å². The Morgan fingerprint density at radius 2 is 1.85 bits per heavy atom. The molecule has 0 heterocycles. The molecule has 1 aromatic rings. The highest BCUT2D eigenvalue weighted by Crippen LogP contribution is 2.19. The molecule has 0 atom stereocenters. The predicted octanol–water partition coefficient (Wildman–Crippen LogP) is 1.45. The average Bonchev–Trinajstić information content (AvgIpc) is 2.63. The Morgan fingerprint density at radius 1 is 1.15 bits per heavy atom. The molecule has 1 rings (SSSR count). The van der Waals surface area contributed by atoms with E-state index >= 15 is 0 Å². The van der Waals surface area contributed by atoms with E-state index < -0.39 is 12.8 Å². The zero-order valence-electron chi connectivity index (χ0n) is 15.4. The molecule has 27 heavy (non-hydrogen) atoms. The van der Waals surface area contributed by atoms with Crippen LogP contribution in [0.15, 0.2) is 29.3 Å². The molecule has 0 aliphatic heterocycles. The van der Waals surface area contributed by atoms with Crippen molar-refractivity contribution >= 4 is 11.9 Å². The molecule has 0 aliphatic rings. The Morgan fingerprint density at radius 3 is 2.44 bits per heavy atom. The number of benzene rings is 1. The lowest BCUT2D eigenvalue weighted by Gasteiger charge is -2.12. The number of methoxy groups -OCH3 is 1. The molecule has 0 saturated carbocycles. The number of hydrogen-bond acceptors (Lipinski definition) is 4. The maximum Gasteiger partial charge on any atom is 0.422 e. The molecule has 0 aromatic heterocycles. The fourth-order valence-electron chi connectivity index (χ4n) is 1.89. The van der Waals surface area contributed by atoms with Gasteiger partial charge in [-0.1, -0.05) is 12.1 Å². The van der Waals surface area contributed by atoms with Crippen LogP contribution in [-0.4, -0.2) is 58.0 Å². The standard InChI is InChI=1S/C17H25F3N4O3/c1-3-21-16(24-11-15(25)22-8-9-26-2)23-10-13-4-6-14(7-5-13)27-12-17(18,19)20/h4-7H,3,8-12H2,1-2H3,(H,22,25)(H2,21,23,24). The van der Waals surface area contributed by atoms with Crippen LogP contribution in [0.3, 0.4) is 0 Å². The highest BCUT2D eigenvalue weighted by Gasteiger charge is 2.28. The maximum atomic E-state index is 12.1. The van der Waals surface area contributed by atoms with Crippen LogP contribution < -0.4 is 20.7 Å². The summed E-state index contributed by atoms with van der Waals surface area (Å²) in [5.74, 6) is 0.401. The number of amides is 1. The van der Waals surface area contributed by atoms with Gasteiger partial charge in [-0.15, -0.1) is 0 Å². The third-order valence-corrected chi connectivity index (χ3v) is 3.13. The first-order chi connectivity index (χ1) is 12.8. The van der Waals surface area contributed by atoms with Gasteiger partial charge in [-0.25, -0.2) is 4.99 Å². The molecule has 7 nitrogen and oxygen atoms in total. The Labute approximate surface area is 156 Å². The minimum Gasteiger partial charge on any atom is -0.484 e. The molecule has 0 fully saturated rings. The second-order valence-corrected chi connectivity index (χ2v) is 5.44.